The Morgan fingerprint density at radius 2 is 1.96 bits per heavy atom. The van der Waals surface area contributed by atoms with Crippen LogP contribution in [0, 0.1) is 11.3 Å². The maximum absolute atomic E-state index is 9.58. The van der Waals surface area contributed by atoms with Crippen molar-refractivity contribution in [3.8, 4) is 23.1 Å². The van der Waals surface area contributed by atoms with Crippen LogP contribution in [0.2, 0.25) is 0 Å². The first-order valence-corrected chi connectivity index (χ1v) is 8.70. The molecular weight excluding hydrogens is 324 g/mol. The second kappa shape index (κ2) is 6.85. The smallest absolute Gasteiger partial charge is 0.119 e. The Morgan fingerprint density at radius 3 is 2.73 bits per heavy atom. The molecule has 0 aliphatic rings. The number of benzene rings is 1. The Morgan fingerprint density at radius 1 is 1.12 bits per heavy atom. The molecule has 1 aromatic carbocycles. The van der Waals surface area contributed by atoms with Gasteiger partial charge in [-0.25, -0.2) is 9.97 Å². The van der Waals surface area contributed by atoms with Crippen LogP contribution in [-0.2, 0) is 0 Å². The van der Waals surface area contributed by atoms with Gasteiger partial charge in [0.1, 0.15) is 29.2 Å². The van der Waals surface area contributed by atoms with E-state index in [0.29, 0.717) is 11.1 Å². The third kappa shape index (κ3) is 2.66. The molecule has 0 bridgehead atoms. The molecule has 0 aliphatic carbocycles. The van der Waals surface area contributed by atoms with E-state index in [1.165, 1.54) is 6.33 Å². The van der Waals surface area contributed by atoms with Gasteiger partial charge in [-0.05, 0) is 42.8 Å². The van der Waals surface area contributed by atoms with Crippen molar-refractivity contribution in [1.82, 2.24) is 14.4 Å². The van der Waals surface area contributed by atoms with E-state index in [0.717, 1.165) is 47.5 Å². The lowest BCUT2D eigenvalue weighted by molar-refractivity contribution is 0.309. The van der Waals surface area contributed by atoms with Gasteiger partial charge in [-0.3, -0.25) is 0 Å². The highest BCUT2D eigenvalue weighted by Crippen LogP contribution is 2.31. The number of ether oxygens (including phenoxy) is 1. The summed E-state index contributed by atoms with van der Waals surface area (Å²) in [5.74, 6) is 0.852. The van der Waals surface area contributed by atoms with E-state index >= 15 is 0 Å². The van der Waals surface area contributed by atoms with Crippen molar-refractivity contribution in [3.05, 3.63) is 60.6 Å². The fraction of sp³-hybridized carbons (Fsp3) is 0.190. The van der Waals surface area contributed by atoms with Crippen molar-refractivity contribution in [2.45, 2.75) is 19.8 Å². The van der Waals surface area contributed by atoms with Crippen LogP contribution in [0.15, 0.2) is 55.0 Å². The maximum atomic E-state index is 9.58. The Labute approximate surface area is 151 Å². The SMILES string of the molecule is CCCCOc1ccc(-c2ncnc3c(C#N)c4ccccn4c23)cc1. The first-order chi connectivity index (χ1) is 12.8. The zero-order chi connectivity index (χ0) is 17.9. The van der Waals surface area contributed by atoms with Crippen molar-refractivity contribution < 1.29 is 4.74 Å². The van der Waals surface area contributed by atoms with Crippen LogP contribution in [-0.4, -0.2) is 21.0 Å². The molecule has 0 amide bonds. The van der Waals surface area contributed by atoms with Crippen LogP contribution >= 0.6 is 0 Å². The van der Waals surface area contributed by atoms with Gasteiger partial charge >= 0.3 is 0 Å². The van der Waals surface area contributed by atoms with Crippen LogP contribution < -0.4 is 4.74 Å². The standard InChI is InChI=1S/C21H18N4O/c1-2-3-12-26-16-9-7-15(8-10-16)19-21-20(24-14-23-19)17(13-22)18-6-4-5-11-25(18)21/h4-11,14H,2-3,12H2,1H3. The molecule has 3 heterocycles. The number of hydrogen-bond acceptors (Lipinski definition) is 4. The van der Waals surface area contributed by atoms with E-state index in [-0.39, 0.29) is 0 Å². The van der Waals surface area contributed by atoms with Gasteiger partial charge in [0.05, 0.1) is 23.3 Å². The van der Waals surface area contributed by atoms with Gasteiger partial charge in [-0.2, -0.15) is 5.26 Å². The molecule has 0 atom stereocenters. The minimum Gasteiger partial charge on any atom is -0.494 e. The second-order valence-electron chi connectivity index (χ2n) is 6.09. The van der Waals surface area contributed by atoms with Crippen LogP contribution in [0.5, 0.6) is 5.75 Å². The van der Waals surface area contributed by atoms with Crippen molar-refractivity contribution in [1.29, 1.82) is 5.26 Å². The number of hydrogen-bond donors (Lipinski definition) is 0. The summed E-state index contributed by atoms with van der Waals surface area (Å²) in [5, 5.41) is 9.58. The van der Waals surface area contributed by atoms with Crippen LogP contribution in [0.25, 0.3) is 27.8 Å². The highest BCUT2D eigenvalue weighted by molar-refractivity contribution is 5.99. The zero-order valence-electron chi connectivity index (χ0n) is 14.5. The molecule has 0 radical (unpaired) electrons. The molecule has 0 spiro atoms. The van der Waals surface area contributed by atoms with Crippen molar-refractivity contribution in [3.63, 3.8) is 0 Å². The first-order valence-electron chi connectivity index (χ1n) is 8.70. The van der Waals surface area contributed by atoms with Crippen LogP contribution in [0.1, 0.15) is 25.3 Å². The zero-order valence-corrected chi connectivity index (χ0v) is 14.5. The van der Waals surface area contributed by atoms with Gasteiger partial charge < -0.3 is 9.14 Å². The summed E-state index contributed by atoms with van der Waals surface area (Å²) in [7, 11) is 0. The largest absolute Gasteiger partial charge is 0.494 e. The van der Waals surface area contributed by atoms with Gasteiger partial charge in [-0.1, -0.05) is 19.4 Å². The Balaban J connectivity index is 1.84. The number of rotatable bonds is 5. The molecule has 0 unspecified atom stereocenters. The van der Waals surface area contributed by atoms with Gasteiger partial charge in [0.2, 0.25) is 0 Å². The Kier molecular flexibility index (Phi) is 4.24. The average molecular weight is 342 g/mol. The summed E-state index contributed by atoms with van der Waals surface area (Å²) in [6.07, 6.45) is 5.61. The lowest BCUT2D eigenvalue weighted by Crippen LogP contribution is -1.96. The molecule has 0 N–H and O–H groups in total. The molecule has 3 aromatic heterocycles. The van der Waals surface area contributed by atoms with Gasteiger partial charge in [-0.15, -0.1) is 0 Å². The average Bonchev–Trinajstić information content (AvgIpc) is 3.02. The summed E-state index contributed by atoms with van der Waals surface area (Å²) in [6.45, 7) is 2.87. The van der Waals surface area contributed by atoms with Gasteiger partial charge in [0, 0.05) is 11.8 Å². The van der Waals surface area contributed by atoms with Crippen molar-refractivity contribution >= 4 is 16.6 Å². The Bertz CT molecular complexity index is 1110. The van der Waals surface area contributed by atoms with Crippen LogP contribution in [0.3, 0.4) is 0 Å². The minimum absolute atomic E-state index is 0.573. The number of nitriles is 1. The van der Waals surface area contributed by atoms with E-state index in [4.69, 9.17) is 4.74 Å². The number of nitrogens with zero attached hydrogens (tertiary/aromatic N) is 4. The topological polar surface area (TPSA) is 63.2 Å². The molecule has 4 aromatic rings. The molecule has 5 heteroatoms. The highest BCUT2D eigenvalue weighted by Gasteiger charge is 2.17. The van der Waals surface area contributed by atoms with Crippen molar-refractivity contribution in [2.24, 2.45) is 0 Å². The molecule has 0 aliphatic heterocycles. The highest BCUT2D eigenvalue weighted by atomic mass is 16.5. The van der Waals surface area contributed by atoms with Gasteiger partial charge in [0.15, 0.2) is 0 Å². The van der Waals surface area contributed by atoms with E-state index in [1.54, 1.807) is 0 Å². The summed E-state index contributed by atoms with van der Waals surface area (Å²) < 4.78 is 7.72. The lowest BCUT2D eigenvalue weighted by atomic mass is 10.1. The normalized spacial score (nSPS) is 10.9. The van der Waals surface area contributed by atoms with Crippen molar-refractivity contribution in [2.75, 3.05) is 6.61 Å². The summed E-state index contributed by atoms with van der Waals surface area (Å²) in [6, 6.07) is 16.0. The molecule has 4 rings (SSSR count). The lowest BCUT2D eigenvalue weighted by Gasteiger charge is -2.07. The van der Waals surface area contributed by atoms with E-state index < -0.39 is 0 Å². The monoisotopic (exact) mass is 342 g/mol. The summed E-state index contributed by atoms with van der Waals surface area (Å²) in [5.41, 5.74) is 4.70. The van der Waals surface area contributed by atoms with E-state index in [9.17, 15) is 5.26 Å². The predicted molar refractivity (Wildman–Crippen MR) is 101 cm³/mol. The number of unbranched alkanes of at least 4 members (excludes halogenated alkanes) is 1. The number of fused-ring (bicyclic) bond motifs is 3. The van der Waals surface area contributed by atoms with E-state index in [1.807, 2.05) is 53.1 Å². The van der Waals surface area contributed by atoms with E-state index in [2.05, 4.69) is 23.0 Å². The third-order valence-corrected chi connectivity index (χ3v) is 4.42. The number of pyridine rings is 1. The molecule has 0 saturated heterocycles. The molecule has 5 nitrogen and oxygen atoms in total. The first kappa shape index (κ1) is 16.1. The minimum atomic E-state index is 0.573. The molecule has 0 saturated carbocycles. The molecular formula is C21H18N4O. The number of aromatic nitrogens is 3. The fourth-order valence-electron chi connectivity index (χ4n) is 3.12. The fourth-order valence-corrected chi connectivity index (χ4v) is 3.12. The van der Waals surface area contributed by atoms with Gasteiger partial charge in [0.25, 0.3) is 0 Å². The second-order valence-corrected chi connectivity index (χ2v) is 6.09. The molecule has 128 valence electrons. The molecule has 0 fully saturated rings. The summed E-state index contributed by atoms with van der Waals surface area (Å²) >= 11 is 0. The predicted octanol–water partition coefficient (Wildman–Crippen LogP) is 4.60. The van der Waals surface area contributed by atoms with Crippen LogP contribution in [0.4, 0.5) is 0 Å². The Hall–Kier alpha value is -3.39. The molecule has 26 heavy (non-hydrogen) atoms. The maximum Gasteiger partial charge on any atom is 0.119 e. The quantitative estimate of drug-likeness (QED) is 0.497. The third-order valence-electron chi connectivity index (χ3n) is 4.42. The summed E-state index contributed by atoms with van der Waals surface area (Å²) in [4.78, 5) is 8.86.